The summed E-state index contributed by atoms with van der Waals surface area (Å²) in [5.74, 6) is 1.31. The van der Waals surface area contributed by atoms with Gasteiger partial charge in [0.25, 0.3) is 5.82 Å². The van der Waals surface area contributed by atoms with Crippen LogP contribution in [0.2, 0.25) is 0 Å². The third kappa shape index (κ3) is 4.72. The van der Waals surface area contributed by atoms with Gasteiger partial charge in [-0.15, -0.1) is 0 Å². The molecule has 2 aromatic heterocycles. The molecule has 3 heterocycles. The largest absolute Gasteiger partial charge is 0.289 e. The number of benzene rings is 3. The van der Waals surface area contributed by atoms with Crippen molar-refractivity contribution < 1.29 is 9.13 Å². The van der Waals surface area contributed by atoms with E-state index in [0.29, 0.717) is 0 Å². The summed E-state index contributed by atoms with van der Waals surface area (Å²) < 4.78 is 7.61. The summed E-state index contributed by atoms with van der Waals surface area (Å²) in [7, 11) is 2.24. The minimum Gasteiger partial charge on any atom is -0.226 e. The molecule has 0 aliphatic carbocycles. The zero-order valence-corrected chi connectivity index (χ0v) is 27.3. The number of aryl methyl sites for hydroxylation is 2. The quantitative estimate of drug-likeness (QED) is 0.165. The van der Waals surface area contributed by atoms with Gasteiger partial charge in [-0.3, -0.25) is 0 Å². The van der Waals surface area contributed by atoms with Gasteiger partial charge in [0, 0.05) is 25.0 Å². The first-order chi connectivity index (χ1) is 20.6. The maximum absolute atomic E-state index is 2.64. The molecule has 3 aromatic carbocycles. The first-order valence-corrected chi connectivity index (χ1v) is 16.3. The monoisotopic (exact) mass is 571 g/mol. The van der Waals surface area contributed by atoms with Crippen LogP contribution in [0.15, 0.2) is 97.2 Å². The van der Waals surface area contributed by atoms with Crippen LogP contribution in [0.4, 0.5) is 0 Å². The van der Waals surface area contributed by atoms with E-state index in [0.717, 1.165) is 38.6 Å². The second kappa shape index (κ2) is 11.1. The highest BCUT2D eigenvalue weighted by atomic mass is 15.2. The normalized spacial score (nSPS) is 19.8. The maximum Gasteiger partial charge on any atom is 0.289 e. The molecule has 2 atom stereocenters. The van der Waals surface area contributed by atoms with Crippen LogP contribution in [0, 0.1) is 5.41 Å². The van der Waals surface area contributed by atoms with Crippen molar-refractivity contribution in [3.8, 4) is 22.6 Å². The smallest absolute Gasteiger partial charge is 0.226 e. The molecule has 0 amide bonds. The summed E-state index contributed by atoms with van der Waals surface area (Å²) >= 11 is 0. The molecular weight excluding hydrogens is 522 g/mol. The Morgan fingerprint density at radius 1 is 0.767 bits per heavy atom. The Morgan fingerprint density at radius 2 is 1.44 bits per heavy atom. The Hall–Kier alpha value is -3.72. The third-order valence-corrected chi connectivity index (χ3v) is 10.5. The summed E-state index contributed by atoms with van der Waals surface area (Å²) in [6, 6.07) is 33.9. The molecule has 1 aliphatic heterocycles. The SMILES string of the molecule is CCC1(C)c2ccccc2-c2cccc[n+]2C1(CC)CCCc1ccccc1-c1n(CC(C)(C)C)c2ccccc2[n+]1C. The molecule has 0 saturated heterocycles. The highest BCUT2D eigenvalue weighted by Gasteiger charge is 2.58. The molecule has 2 unspecified atom stereocenters. The predicted octanol–water partition coefficient (Wildman–Crippen LogP) is 8.94. The van der Waals surface area contributed by atoms with Gasteiger partial charge in [-0.25, -0.2) is 9.13 Å². The molecule has 3 heteroatoms. The van der Waals surface area contributed by atoms with E-state index in [-0.39, 0.29) is 16.4 Å². The molecule has 6 rings (SSSR count). The van der Waals surface area contributed by atoms with Crippen molar-refractivity contribution in [1.82, 2.24) is 4.57 Å². The Kier molecular flexibility index (Phi) is 7.57. The number of rotatable bonds is 8. The molecule has 0 N–H and O–H groups in total. The lowest BCUT2D eigenvalue weighted by molar-refractivity contribution is -0.770. The highest BCUT2D eigenvalue weighted by molar-refractivity contribution is 5.77. The van der Waals surface area contributed by atoms with Crippen LogP contribution in [0.25, 0.3) is 33.7 Å². The van der Waals surface area contributed by atoms with Crippen LogP contribution in [0.3, 0.4) is 0 Å². The lowest BCUT2D eigenvalue weighted by atomic mass is 9.58. The van der Waals surface area contributed by atoms with E-state index in [1.54, 1.807) is 0 Å². The highest BCUT2D eigenvalue weighted by Crippen LogP contribution is 2.51. The molecule has 0 bridgehead atoms. The minimum atomic E-state index is 0.00738. The average Bonchev–Trinajstić information content (AvgIpc) is 3.28. The summed E-state index contributed by atoms with van der Waals surface area (Å²) in [5.41, 5.74) is 9.85. The van der Waals surface area contributed by atoms with Crippen LogP contribution in [-0.4, -0.2) is 4.57 Å². The van der Waals surface area contributed by atoms with Gasteiger partial charge in [-0.2, -0.15) is 4.57 Å². The first kappa shape index (κ1) is 29.4. The zero-order valence-electron chi connectivity index (χ0n) is 27.3. The van der Waals surface area contributed by atoms with Gasteiger partial charge in [0.1, 0.15) is 0 Å². The first-order valence-electron chi connectivity index (χ1n) is 16.3. The van der Waals surface area contributed by atoms with Crippen molar-refractivity contribution in [2.75, 3.05) is 0 Å². The zero-order chi connectivity index (χ0) is 30.4. The summed E-state index contributed by atoms with van der Waals surface area (Å²) in [6.45, 7) is 15.3. The van der Waals surface area contributed by atoms with Crippen LogP contribution in [0.1, 0.15) is 78.4 Å². The topological polar surface area (TPSA) is 12.7 Å². The van der Waals surface area contributed by atoms with Crippen molar-refractivity contribution >= 4 is 11.0 Å². The predicted molar refractivity (Wildman–Crippen MR) is 179 cm³/mol. The molecule has 0 saturated carbocycles. The standard InChI is InChI=1S/C40H49N3/c1-8-39(6)33-23-13-12-22-32(33)34-24-16-17-28-43(34)40(39,9-2)27-18-20-30-19-10-11-21-31(30)37-41(7)35-25-14-15-26-36(35)42(37)29-38(3,4)5/h10-17,19,21-26,28H,8-9,18,20,27,29H2,1-7H3/q+2. The minimum absolute atomic E-state index is 0.00738. The Bertz CT molecular complexity index is 1770. The third-order valence-electron chi connectivity index (χ3n) is 10.5. The molecule has 0 radical (unpaired) electrons. The second-order valence-corrected chi connectivity index (χ2v) is 14.1. The van der Waals surface area contributed by atoms with E-state index >= 15 is 0 Å². The van der Waals surface area contributed by atoms with Crippen LogP contribution < -0.4 is 9.13 Å². The number of aromatic nitrogens is 3. The van der Waals surface area contributed by atoms with Crippen molar-refractivity contribution in [3.63, 3.8) is 0 Å². The number of hydrogen-bond acceptors (Lipinski definition) is 0. The molecule has 1 aliphatic rings. The van der Waals surface area contributed by atoms with Gasteiger partial charge in [-0.05, 0) is 73.1 Å². The van der Waals surface area contributed by atoms with Crippen molar-refractivity contribution in [1.29, 1.82) is 0 Å². The summed E-state index contributed by atoms with van der Waals surface area (Å²) in [6.07, 6.45) is 7.88. The second-order valence-electron chi connectivity index (χ2n) is 14.1. The number of para-hydroxylation sites is 2. The van der Waals surface area contributed by atoms with E-state index in [1.807, 2.05) is 0 Å². The molecule has 5 aromatic rings. The van der Waals surface area contributed by atoms with Gasteiger partial charge in [-0.1, -0.05) is 83.1 Å². The Labute approximate surface area is 258 Å². The molecular formula is C40H49N3+2. The van der Waals surface area contributed by atoms with Gasteiger partial charge >= 0.3 is 0 Å². The van der Waals surface area contributed by atoms with Crippen molar-refractivity contribution in [2.45, 2.75) is 91.1 Å². The lowest BCUT2D eigenvalue weighted by Gasteiger charge is -2.48. The number of hydrogen-bond donors (Lipinski definition) is 0. The van der Waals surface area contributed by atoms with Gasteiger partial charge in [0.15, 0.2) is 22.8 Å². The molecule has 222 valence electrons. The molecule has 3 nitrogen and oxygen atoms in total. The Balaban J connectivity index is 1.40. The van der Waals surface area contributed by atoms with E-state index in [1.165, 1.54) is 44.8 Å². The molecule has 0 spiro atoms. The summed E-state index contributed by atoms with van der Waals surface area (Å²) in [5, 5.41) is 0. The van der Waals surface area contributed by atoms with E-state index in [4.69, 9.17) is 0 Å². The van der Waals surface area contributed by atoms with Crippen LogP contribution >= 0.6 is 0 Å². The molecule has 43 heavy (non-hydrogen) atoms. The molecule has 0 fully saturated rings. The van der Waals surface area contributed by atoms with Crippen molar-refractivity contribution in [2.24, 2.45) is 12.5 Å². The maximum atomic E-state index is 2.64. The number of fused-ring (bicyclic) bond motifs is 4. The lowest BCUT2D eigenvalue weighted by Crippen LogP contribution is -2.69. The number of pyridine rings is 1. The number of imidazole rings is 1. The fourth-order valence-electron chi connectivity index (χ4n) is 8.27. The fraction of sp³-hybridized carbons (Fsp3) is 0.400. The Morgan fingerprint density at radius 3 is 2.19 bits per heavy atom. The number of nitrogens with zero attached hydrogens (tertiary/aromatic N) is 3. The fourth-order valence-corrected chi connectivity index (χ4v) is 8.27. The average molecular weight is 572 g/mol. The van der Waals surface area contributed by atoms with Gasteiger partial charge in [0.05, 0.1) is 30.1 Å². The van der Waals surface area contributed by atoms with E-state index < -0.39 is 0 Å². The van der Waals surface area contributed by atoms with Crippen LogP contribution in [-0.2, 0) is 31.0 Å². The van der Waals surface area contributed by atoms with Crippen LogP contribution in [0.5, 0.6) is 0 Å². The van der Waals surface area contributed by atoms with Gasteiger partial charge < -0.3 is 0 Å². The van der Waals surface area contributed by atoms with Crippen molar-refractivity contribution in [3.05, 3.63) is 108 Å². The summed E-state index contributed by atoms with van der Waals surface area (Å²) in [4.78, 5) is 0. The van der Waals surface area contributed by atoms with E-state index in [2.05, 4.69) is 159 Å². The van der Waals surface area contributed by atoms with Gasteiger partial charge in [0.2, 0.25) is 5.69 Å². The van der Waals surface area contributed by atoms with E-state index in [9.17, 15) is 0 Å².